The van der Waals surface area contributed by atoms with E-state index in [0.29, 0.717) is 18.5 Å². The Hall–Kier alpha value is -1.68. The largest absolute Gasteiger partial charge is 0.334 e. The molecule has 3 rings (SSSR count). The fraction of sp³-hybridized carbons (Fsp3) is 0.500. The first-order chi connectivity index (χ1) is 9.54. The molecule has 1 aliphatic rings. The first-order valence-electron chi connectivity index (χ1n) is 7.20. The van der Waals surface area contributed by atoms with Crippen molar-refractivity contribution in [3.05, 3.63) is 35.7 Å². The molecular formula is C16H21N3O. The number of hydrogen-bond acceptors (Lipinski definition) is 4. The van der Waals surface area contributed by atoms with E-state index in [1.54, 1.807) is 0 Å². The minimum absolute atomic E-state index is 0.0531. The van der Waals surface area contributed by atoms with Crippen molar-refractivity contribution in [2.45, 2.75) is 51.6 Å². The summed E-state index contributed by atoms with van der Waals surface area (Å²) in [4.78, 5) is 4.51. The van der Waals surface area contributed by atoms with Gasteiger partial charge in [-0.25, -0.2) is 0 Å². The Bertz CT molecular complexity index is 594. The van der Waals surface area contributed by atoms with E-state index in [2.05, 4.69) is 48.4 Å². The lowest BCUT2D eigenvalue weighted by atomic mass is 9.84. The molecule has 0 atom stereocenters. The number of hydrogen-bond donors (Lipinski definition) is 1. The van der Waals surface area contributed by atoms with Gasteiger partial charge < -0.3 is 9.84 Å². The van der Waals surface area contributed by atoms with Crippen LogP contribution in [-0.2, 0) is 12.0 Å². The van der Waals surface area contributed by atoms with Gasteiger partial charge in [0.05, 0.1) is 6.54 Å². The molecule has 1 N–H and O–H groups in total. The highest BCUT2D eigenvalue weighted by molar-refractivity contribution is 5.60. The van der Waals surface area contributed by atoms with Crippen LogP contribution in [0.3, 0.4) is 0 Å². The fourth-order valence-electron chi connectivity index (χ4n) is 2.28. The normalized spacial score (nSPS) is 15.6. The summed E-state index contributed by atoms with van der Waals surface area (Å²) in [5.74, 6) is 1.35. The lowest BCUT2D eigenvalue weighted by molar-refractivity contribution is 0.418. The van der Waals surface area contributed by atoms with Crippen molar-refractivity contribution in [3.63, 3.8) is 0 Å². The summed E-state index contributed by atoms with van der Waals surface area (Å²) in [7, 11) is 0. The molecule has 0 radical (unpaired) electrons. The molecule has 1 aromatic carbocycles. The molecule has 2 aromatic rings. The average molecular weight is 271 g/mol. The van der Waals surface area contributed by atoms with Gasteiger partial charge in [0.15, 0.2) is 5.82 Å². The van der Waals surface area contributed by atoms with Crippen molar-refractivity contribution < 1.29 is 4.52 Å². The number of rotatable bonds is 4. The molecule has 0 aliphatic heterocycles. The molecule has 4 heteroatoms. The van der Waals surface area contributed by atoms with Crippen molar-refractivity contribution in [2.75, 3.05) is 0 Å². The van der Waals surface area contributed by atoms with E-state index in [4.69, 9.17) is 4.52 Å². The van der Waals surface area contributed by atoms with Crippen LogP contribution in [-0.4, -0.2) is 16.2 Å². The molecule has 0 spiro atoms. The van der Waals surface area contributed by atoms with Gasteiger partial charge in [-0.2, -0.15) is 4.98 Å². The first kappa shape index (κ1) is 13.3. The van der Waals surface area contributed by atoms with Crippen LogP contribution in [0.1, 0.15) is 45.0 Å². The predicted octanol–water partition coefficient (Wildman–Crippen LogP) is 3.29. The lowest BCUT2D eigenvalue weighted by Gasteiger charge is -2.21. The SMILES string of the molecule is CC(C)(C)c1ccccc1-c1nc(CNC2CC2)no1. The number of aromatic nitrogens is 2. The van der Waals surface area contributed by atoms with Gasteiger partial charge in [-0.15, -0.1) is 0 Å². The zero-order chi connectivity index (χ0) is 14.2. The second-order valence-electron chi connectivity index (χ2n) is 6.47. The summed E-state index contributed by atoms with van der Waals surface area (Å²) in [5, 5.41) is 7.46. The van der Waals surface area contributed by atoms with Crippen LogP contribution in [0.5, 0.6) is 0 Å². The third kappa shape index (κ3) is 2.90. The van der Waals surface area contributed by atoms with E-state index >= 15 is 0 Å². The molecule has 1 fully saturated rings. The monoisotopic (exact) mass is 271 g/mol. The van der Waals surface area contributed by atoms with Crippen LogP contribution in [0.25, 0.3) is 11.5 Å². The highest BCUT2D eigenvalue weighted by atomic mass is 16.5. The molecule has 20 heavy (non-hydrogen) atoms. The fourth-order valence-corrected chi connectivity index (χ4v) is 2.28. The smallest absolute Gasteiger partial charge is 0.258 e. The summed E-state index contributed by atoms with van der Waals surface area (Å²) in [6.07, 6.45) is 2.52. The van der Waals surface area contributed by atoms with E-state index in [0.717, 1.165) is 11.4 Å². The lowest BCUT2D eigenvalue weighted by Crippen LogP contribution is -2.16. The number of nitrogens with zero attached hydrogens (tertiary/aromatic N) is 2. The zero-order valence-corrected chi connectivity index (χ0v) is 12.3. The third-order valence-corrected chi connectivity index (χ3v) is 3.56. The second-order valence-corrected chi connectivity index (χ2v) is 6.47. The van der Waals surface area contributed by atoms with E-state index in [9.17, 15) is 0 Å². The van der Waals surface area contributed by atoms with Gasteiger partial charge in [-0.3, -0.25) is 0 Å². The summed E-state index contributed by atoms with van der Waals surface area (Å²) >= 11 is 0. The van der Waals surface area contributed by atoms with Crippen molar-refractivity contribution in [3.8, 4) is 11.5 Å². The van der Waals surface area contributed by atoms with Crippen molar-refractivity contribution in [2.24, 2.45) is 0 Å². The number of benzene rings is 1. The summed E-state index contributed by atoms with van der Waals surface area (Å²) in [5.41, 5.74) is 2.31. The highest BCUT2D eigenvalue weighted by Gasteiger charge is 2.23. The van der Waals surface area contributed by atoms with Crippen LogP contribution in [0, 0.1) is 0 Å². The Kier molecular flexibility index (Phi) is 3.34. The van der Waals surface area contributed by atoms with Gasteiger partial charge in [0, 0.05) is 11.6 Å². The summed E-state index contributed by atoms with van der Waals surface area (Å²) < 4.78 is 5.44. The van der Waals surface area contributed by atoms with Gasteiger partial charge >= 0.3 is 0 Å². The topological polar surface area (TPSA) is 51.0 Å². The Morgan fingerprint density at radius 1 is 1.25 bits per heavy atom. The molecule has 0 amide bonds. The van der Waals surface area contributed by atoms with E-state index in [1.807, 2.05) is 12.1 Å². The maximum Gasteiger partial charge on any atom is 0.258 e. The van der Waals surface area contributed by atoms with Crippen LogP contribution in [0.4, 0.5) is 0 Å². The Balaban J connectivity index is 1.85. The van der Waals surface area contributed by atoms with Gasteiger partial charge in [0.2, 0.25) is 0 Å². The third-order valence-electron chi connectivity index (χ3n) is 3.56. The molecule has 1 heterocycles. The molecule has 1 aromatic heterocycles. The molecule has 0 saturated heterocycles. The van der Waals surface area contributed by atoms with Crippen LogP contribution >= 0.6 is 0 Å². The van der Waals surface area contributed by atoms with Gasteiger partial charge in [-0.1, -0.05) is 44.1 Å². The predicted molar refractivity (Wildman–Crippen MR) is 78.3 cm³/mol. The van der Waals surface area contributed by atoms with E-state index in [1.165, 1.54) is 18.4 Å². The molecule has 106 valence electrons. The van der Waals surface area contributed by atoms with Crippen molar-refractivity contribution >= 4 is 0 Å². The Morgan fingerprint density at radius 3 is 2.70 bits per heavy atom. The molecular weight excluding hydrogens is 250 g/mol. The Morgan fingerprint density at radius 2 is 2.00 bits per heavy atom. The maximum atomic E-state index is 5.44. The highest BCUT2D eigenvalue weighted by Crippen LogP contribution is 2.31. The number of nitrogens with one attached hydrogen (secondary N) is 1. The van der Waals surface area contributed by atoms with Gasteiger partial charge in [-0.05, 0) is 29.9 Å². The van der Waals surface area contributed by atoms with Gasteiger partial charge in [0.1, 0.15) is 0 Å². The van der Waals surface area contributed by atoms with E-state index < -0.39 is 0 Å². The second kappa shape index (κ2) is 5.02. The average Bonchev–Trinajstić information content (AvgIpc) is 3.12. The van der Waals surface area contributed by atoms with Crippen LogP contribution in [0.2, 0.25) is 0 Å². The van der Waals surface area contributed by atoms with Crippen LogP contribution in [0.15, 0.2) is 28.8 Å². The summed E-state index contributed by atoms with van der Waals surface area (Å²) in [6.45, 7) is 7.26. The minimum Gasteiger partial charge on any atom is -0.334 e. The van der Waals surface area contributed by atoms with Gasteiger partial charge in [0.25, 0.3) is 5.89 Å². The van der Waals surface area contributed by atoms with Crippen molar-refractivity contribution in [1.29, 1.82) is 0 Å². The summed E-state index contributed by atoms with van der Waals surface area (Å²) in [6, 6.07) is 8.89. The molecule has 1 aliphatic carbocycles. The quantitative estimate of drug-likeness (QED) is 0.927. The van der Waals surface area contributed by atoms with E-state index in [-0.39, 0.29) is 5.41 Å². The maximum absolute atomic E-state index is 5.44. The van der Waals surface area contributed by atoms with Crippen LogP contribution < -0.4 is 5.32 Å². The minimum atomic E-state index is 0.0531. The zero-order valence-electron chi connectivity index (χ0n) is 12.3. The molecule has 4 nitrogen and oxygen atoms in total. The molecule has 0 bridgehead atoms. The standard InChI is InChI=1S/C16H21N3O/c1-16(2,3)13-7-5-4-6-12(13)15-18-14(19-20-15)10-17-11-8-9-11/h4-7,11,17H,8-10H2,1-3H3. The Labute approximate surface area is 119 Å². The first-order valence-corrected chi connectivity index (χ1v) is 7.20. The van der Waals surface area contributed by atoms with Crippen molar-refractivity contribution in [1.82, 2.24) is 15.5 Å². The molecule has 0 unspecified atom stereocenters. The molecule has 1 saturated carbocycles.